The fraction of sp³-hybridized carbons (Fsp3) is 0.263. The predicted molar refractivity (Wildman–Crippen MR) is 100.0 cm³/mol. The Bertz CT molecular complexity index is 1010. The van der Waals surface area contributed by atoms with Crippen LogP contribution in [0.3, 0.4) is 0 Å². The molecule has 3 heterocycles. The van der Waals surface area contributed by atoms with Gasteiger partial charge in [0.25, 0.3) is 11.1 Å². The van der Waals surface area contributed by atoms with Gasteiger partial charge in [0.1, 0.15) is 0 Å². The largest absolute Gasteiger partial charge is 0.459 e. The van der Waals surface area contributed by atoms with Gasteiger partial charge in [0, 0.05) is 5.56 Å². The molecule has 4 aromatic rings. The average Bonchev–Trinajstić information content (AvgIpc) is 3.39. The first-order chi connectivity index (χ1) is 13.0. The average molecular weight is 382 g/mol. The van der Waals surface area contributed by atoms with Crippen molar-refractivity contribution >= 4 is 11.8 Å². The molecule has 0 aliphatic heterocycles. The van der Waals surface area contributed by atoms with Crippen molar-refractivity contribution in [1.29, 1.82) is 0 Å². The molecule has 27 heavy (non-hydrogen) atoms. The van der Waals surface area contributed by atoms with Crippen molar-refractivity contribution < 1.29 is 13.4 Å². The lowest BCUT2D eigenvalue weighted by molar-refractivity contribution is 0.390. The van der Waals surface area contributed by atoms with Crippen molar-refractivity contribution in [3.8, 4) is 23.0 Å². The van der Waals surface area contributed by atoms with E-state index in [-0.39, 0.29) is 5.41 Å². The minimum absolute atomic E-state index is 0.107. The van der Waals surface area contributed by atoms with Gasteiger partial charge in [0.2, 0.25) is 11.7 Å². The molecule has 0 fully saturated rings. The minimum atomic E-state index is 0.107. The van der Waals surface area contributed by atoms with Crippen LogP contribution in [0.5, 0.6) is 0 Å². The molecular formula is C19H18N4O3S. The highest BCUT2D eigenvalue weighted by Gasteiger charge is 2.16. The predicted octanol–water partition coefficient (Wildman–Crippen LogP) is 4.97. The molecule has 0 saturated carbocycles. The summed E-state index contributed by atoms with van der Waals surface area (Å²) in [5, 5.41) is 12.4. The lowest BCUT2D eigenvalue weighted by Crippen LogP contribution is -2.10. The van der Waals surface area contributed by atoms with Crippen LogP contribution in [0.1, 0.15) is 32.2 Å². The highest BCUT2D eigenvalue weighted by molar-refractivity contribution is 7.98. The van der Waals surface area contributed by atoms with E-state index in [1.165, 1.54) is 17.3 Å². The van der Waals surface area contributed by atoms with E-state index in [0.717, 1.165) is 5.56 Å². The van der Waals surface area contributed by atoms with Gasteiger partial charge >= 0.3 is 0 Å². The molecule has 0 spiro atoms. The van der Waals surface area contributed by atoms with Gasteiger partial charge in [-0.1, -0.05) is 62.0 Å². The van der Waals surface area contributed by atoms with E-state index < -0.39 is 0 Å². The Balaban J connectivity index is 1.41. The lowest BCUT2D eigenvalue weighted by atomic mass is 9.87. The molecule has 138 valence electrons. The molecule has 0 bridgehead atoms. The number of benzene rings is 1. The zero-order valence-corrected chi connectivity index (χ0v) is 16.0. The molecule has 0 aliphatic carbocycles. The van der Waals surface area contributed by atoms with Gasteiger partial charge in [0.05, 0.1) is 12.0 Å². The van der Waals surface area contributed by atoms with E-state index in [1.54, 1.807) is 18.4 Å². The Morgan fingerprint density at radius 3 is 2.56 bits per heavy atom. The molecule has 1 aromatic carbocycles. The molecule has 3 aromatic heterocycles. The number of nitrogens with zero attached hydrogens (tertiary/aromatic N) is 4. The summed E-state index contributed by atoms with van der Waals surface area (Å²) >= 11 is 1.33. The van der Waals surface area contributed by atoms with E-state index in [2.05, 4.69) is 53.2 Å². The fourth-order valence-corrected chi connectivity index (χ4v) is 3.04. The highest BCUT2D eigenvalue weighted by Crippen LogP contribution is 2.27. The smallest absolute Gasteiger partial charge is 0.284 e. The third-order valence-corrected chi connectivity index (χ3v) is 4.74. The van der Waals surface area contributed by atoms with Crippen molar-refractivity contribution in [3.05, 3.63) is 54.1 Å². The molecule has 7 nitrogen and oxygen atoms in total. The topological polar surface area (TPSA) is 91.0 Å². The van der Waals surface area contributed by atoms with E-state index >= 15 is 0 Å². The van der Waals surface area contributed by atoms with Crippen LogP contribution >= 0.6 is 11.8 Å². The Hall–Kier alpha value is -2.87. The van der Waals surface area contributed by atoms with Gasteiger partial charge < -0.3 is 13.4 Å². The third-order valence-electron chi connectivity index (χ3n) is 3.93. The molecule has 0 atom stereocenters. The van der Waals surface area contributed by atoms with Crippen LogP contribution in [-0.2, 0) is 11.2 Å². The molecule has 8 heteroatoms. The van der Waals surface area contributed by atoms with Gasteiger partial charge in [0.15, 0.2) is 5.76 Å². The summed E-state index contributed by atoms with van der Waals surface area (Å²) < 4.78 is 16.1. The van der Waals surface area contributed by atoms with Crippen LogP contribution in [-0.4, -0.2) is 20.3 Å². The van der Waals surface area contributed by atoms with Crippen LogP contribution in [0, 0.1) is 0 Å². The number of rotatable bonds is 5. The van der Waals surface area contributed by atoms with E-state index in [1.807, 2.05) is 12.1 Å². The van der Waals surface area contributed by atoms with Crippen molar-refractivity contribution in [1.82, 2.24) is 20.3 Å². The van der Waals surface area contributed by atoms with Crippen molar-refractivity contribution in [2.24, 2.45) is 0 Å². The summed E-state index contributed by atoms with van der Waals surface area (Å²) in [5.41, 5.74) is 2.28. The number of aromatic nitrogens is 4. The van der Waals surface area contributed by atoms with Crippen LogP contribution in [0.15, 0.2) is 61.2 Å². The minimum Gasteiger partial charge on any atom is -0.459 e. The van der Waals surface area contributed by atoms with E-state index in [9.17, 15) is 0 Å². The first kappa shape index (κ1) is 17.5. The molecule has 0 aliphatic rings. The van der Waals surface area contributed by atoms with Gasteiger partial charge in [-0.2, -0.15) is 4.98 Å². The second-order valence-electron chi connectivity index (χ2n) is 6.98. The summed E-state index contributed by atoms with van der Waals surface area (Å²) in [7, 11) is 0. The number of thioether (sulfide) groups is 1. The Morgan fingerprint density at radius 2 is 1.85 bits per heavy atom. The molecule has 4 rings (SSSR count). The standard InChI is InChI=1S/C19H18N4O3S/c1-19(2,3)13-8-6-12(7-9-13)16-20-15(26-23-16)11-27-18-22-21-17(25-18)14-5-4-10-24-14/h4-10H,11H2,1-3H3. The van der Waals surface area contributed by atoms with Gasteiger partial charge in [-0.25, -0.2) is 0 Å². The second kappa shape index (κ2) is 7.03. The van der Waals surface area contributed by atoms with Crippen LogP contribution in [0.2, 0.25) is 0 Å². The molecule has 0 saturated heterocycles. The molecule has 0 N–H and O–H groups in total. The monoisotopic (exact) mass is 382 g/mol. The number of hydrogen-bond donors (Lipinski definition) is 0. The fourth-order valence-electron chi connectivity index (χ4n) is 2.44. The second-order valence-corrected chi connectivity index (χ2v) is 7.90. The van der Waals surface area contributed by atoms with Crippen LogP contribution < -0.4 is 0 Å². The summed E-state index contributed by atoms with van der Waals surface area (Å²) in [5.74, 6) is 2.37. The van der Waals surface area contributed by atoms with Crippen molar-refractivity contribution in [3.63, 3.8) is 0 Å². The Kier molecular flexibility index (Phi) is 4.57. The maximum absolute atomic E-state index is 5.54. The summed E-state index contributed by atoms with van der Waals surface area (Å²) in [6.07, 6.45) is 1.56. The maximum atomic E-state index is 5.54. The van der Waals surface area contributed by atoms with E-state index in [0.29, 0.717) is 34.3 Å². The zero-order valence-electron chi connectivity index (χ0n) is 15.2. The zero-order chi connectivity index (χ0) is 18.9. The highest BCUT2D eigenvalue weighted by atomic mass is 32.2. The first-order valence-electron chi connectivity index (χ1n) is 8.43. The normalized spacial score (nSPS) is 11.8. The summed E-state index contributed by atoms with van der Waals surface area (Å²) in [6.45, 7) is 6.54. The third kappa shape index (κ3) is 3.95. The van der Waals surface area contributed by atoms with Crippen LogP contribution in [0.4, 0.5) is 0 Å². The van der Waals surface area contributed by atoms with Gasteiger partial charge in [-0.05, 0) is 23.1 Å². The lowest BCUT2D eigenvalue weighted by Gasteiger charge is -2.18. The van der Waals surface area contributed by atoms with Gasteiger partial charge in [-0.15, -0.1) is 10.2 Å². The molecule has 0 amide bonds. The summed E-state index contributed by atoms with van der Waals surface area (Å²) in [4.78, 5) is 4.44. The van der Waals surface area contributed by atoms with Gasteiger partial charge in [-0.3, -0.25) is 0 Å². The summed E-state index contributed by atoms with van der Waals surface area (Å²) in [6, 6.07) is 11.7. The van der Waals surface area contributed by atoms with Crippen molar-refractivity contribution in [2.75, 3.05) is 0 Å². The van der Waals surface area contributed by atoms with Crippen LogP contribution in [0.25, 0.3) is 23.0 Å². The van der Waals surface area contributed by atoms with Crippen molar-refractivity contribution in [2.45, 2.75) is 37.2 Å². The maximum Gasteiger partial charge on any atom is 0.284 e. The SMILES string of the molecule is CC(C)(C)c1ccc(-c2noc(CSc3nnc(-c4ccco4)o3)n2)cc1. The quantitative estimate of drug-likeness (QED) is 0.447. The molecule has 0 radical (unpaired) electrons. The molecular weight excluding hydrogens is 364 g/mol. The first-order valence-corrected chi connectivity index (χ1v) is 9.41. The molecule has 0 unspecified atom stereocenters. The number of furan rings is 1. The number of hydrogen-bond acceptors (Lipinski definition) is 8. The van der Waals surface area contributed by atoms with E-state index in [4.69, 9.17) is 13.4 Å². The Labute approximate surface area is 160 Å². The Morgan fingerprint density at radius 1 is 1.04 bits per heavy atom.